The van der Waals surface area contributed by atoms with Gasteiger partial charge in [0.05, 0.1) is 11.4 Å². The van der Waals surface area contributed by atoms with Crippen LogP contribution in [0.1, 0.15) is 18.1 Å². The van der Waals surface area contributed by atoms with Crippen LogP contribution in [-0.4, -0.2) is 22.7 Å². The van der Waals surface area contributed by atoms with Gasteiger partial charge in [-0.3, -0.25) is 5.41 Å². The fourth-order valence-electron chi connectivity index (χ4n) is 2.13. The van der Waals surface area contributed by atoms with Crippen LogP contribution in [-0.2, 0) is 0 Å². The van der Waals surface area contributed by atoms with Gasteiger partial charge in [-0.25, -0.2) is 0 Å². The lowest BCUT2D eigenvalue weighted by Crippen LogP contribution is -2.22. The van der Waals surface area contributed by atoms with E-state index in [2.05, 4.69) is 20.4 Å². The maximum Gasteiger partial charge on any atom is 0.232 e. The van der Waals surface area contributed by atoms with Gasteiger partial charge in [-0.15, -0.1) is 27.7 Å². The zero-order valence-corrected chi connectivity index (χ0v) is 14.5. The van der Waals surface area contributed by atoms with Crippen LogP contribution < -0.4 is 17.2 Å². The molecule has 0 fully saturated rings. The fraction of sp³-hybridized carbons (Fsp3) is 0.133. The number of benzene rings is 2. The van der Waals surface area contributed by atoms with E-state index in [1.807, 2.05) is 0 Å². The second kappa shape index (κ2) is 8.06. The van der Waals surface area contributed by atoms with Crippen LogP contribution >= 0.6 is 12.4 Å². The van der Waals surface area contributed by atoms with Crippen molar-refractivity contribution in [1.29, 1.82) is 5.41 Å². The predicted molar refractivity (Wildman–Crippen MR) is 102 cm³/mol. The van der Waals surface area contributed by atoms with Crippen molar-refractivity contribution < 1.29 is 5.11 Å². The SMILES string of the molecule is C/C(=N/N=C(N)N)c1ccc2c(O)c(C)cc(N=NC(=N)N)c2c1.Cl. The van der Waals surface area contributed by atoms with Crippen molar-refractivity contribution in [3.63, 3.8) is 0 Å². The molecule has 2 rings (SSSR count). The van der Waals surface area contributed by atoms with Gasteiger partial charge in [-0.05, 0) is 43.2 Å². The summed E-state index contributed by atoms with van der Waals surface area (Å²) in [5.41, 5.74) is 18.2. The average molecular weight is 363 g/mol. The number of hydrogen-bond donors (Lipinski definition) is 5. The van der Waals surface area contributed by atoms with Crippen molar-refractivity contribution in [3.05, 3.63) is 35.4 Å². The summed E-state index contributed by atoms with van der Waals surface area (Å²) >= 11 is 0. The van der Waals surface area contributed by atoms with Crippen LogP contribution in [0, 0.1) is 12.3 Å². The summed E-state index contributed by atoms with van der Waals surface area (Å²) in [6, 6.07) is 6.98. The van der Waals surface area contributed by atoms with Gasteiger partial charge >= 0.3 is 0 Å². The van der Waals surface area contributed by atoms with E-state index in [-0.39, 0.29) is 24.1 Å². The maximum absolute atomic E-state index is 10.2. The summed E-state index contributed by atoms with van der Waals surface area (Å²) in [6.45, 7) is 3.50. The molecular weight excluding hydrogens is 344 g/mol. The normalized spacial score (nSPS) is 11.4. The number of nitrogens with zero attached hydrogens (tertiary/aromatic N) is 4. The summed E-state index contributed by atoms with van der Waals surface area (Å²) in [5.74, 6) is -0.396. The van der Waals surface area contributed by atoms with Crippen LogP contribution in [0.25, 0.3) is 10.8 Å². The Balaban J connectivity index is 0.00000312. The van der Waals surface area contributed by atoms with E-state index in [4.69, 9.17) is 22.6 Å². The third-order valence-corrected chi connectivity index (χ3v) is 3.28. The molecule has 0 spiro atoms. The molecule has 0 radical (unpaired) electrons. The lowest BCUT2D eigenvalue weighted by atomic mass is 10.00. The first-order valence-corrected chi connectivity index (χ1v) is 6.95. The molecule has 0 unspecified atom stereocenters. The first kappa shape index (κ1) is 19.8. The van der Waals surface area contributed by atoms with E-state index in [1.54, 1.807) is 38.1 Å². The first-order chi connectivity index (χ1) is 11.3. The number of phenols is 1. The number of fused-ring (bicyclic) bond motifs is 1. The number of aromatic hydroxyl groups is 1. The third-order valence-electron chi connectivity index (χ3n) is 3.28. The Hall–Kier alpha value is -3.20. The Labute approximate surface area is 150 Å². The number of guanidine groups is 2. The van der Waals surface area contributed by atoms with Gasteiger partial charge in [0, 0.05) is 10.8 Å². The Morgan fingerprint density at radius 2 is 1.76 bits per heavy atom. The number of phenolic OH excluding ortho intramolecular Hbond substituents is 1. The zero-order valence-electron chi connectivity index (χ0n) is 13.7. The Morgan fingerprint density at radius 3 is 2.36 bits per heavy atom. The number of hydrogen-bond acceptors (Lipinski definition) is 5. The van der Waals surface area contributed by atoms with Crippen LogP contribution in [0.4, 0.5) is 5.69 Å². The second-order valence-electron chi connectivity index (χ2n) is 5.12. The second-order valence-corrected chi connectivity index (χ2v) is 5.12. The van der Waals surface area contributed by atoms with Gasteiger partial charge in [-0.1, -0.05) is 6.07 Å². The van der Waals surface area contributed by atoms with Crippen LogP contribution in [0.5, 0.6) is 5.75 Å². The summed E-state index contributed by atoms with van der Waals surface area (Å²) < 4.78 is 0. The summed E-state index contributed by atoms with van der Waals surface area (Å²) in [5, 5.41) is 33.7. The van der Waals surface area contributed by atoms with E-state index >= 15 is 0 Å². The number of rotatable bonds is 3. The summed E-state index contributed by atoms with van der Waals surface area (Å²) in [6.07, 6.45) is 0. The van der Waals surface area contributed by atoms with Gasteiger partial charge in [-0.2, -0.15) is 5.10 Å². The highest BCUT2D eigenvalue weighted by Gasteiger charge is 2.11. The lowest BCUT2D eigenvalue weighted by molar-refractivity contribution is 0.477. The number of azo groups is 1. The average Bonchev–Trinajstić information content (AvgIpc) is 2.54. The maximum atomic E-state index is 10.2. The number of nitrogens with two attached hydrogens (primary N) is 3. The largest absolute Gasteiger partial charge is 0.507 e. The molecule has 0 saturated heterocycles. The highest BCUT2D eigenvalue weighted by Crippen LogP contribution is 2.36. The molecule has 0 amide bonds. The van der Waals surface area contributed by atoms with E-state index in [0.717, 1.165) is 5.56 Å². The fourth-order valence-corrected chi connectivity index (χ4v) is 2.13. The quantitative estimate of drug-likeness (QED) is 0.244. The van der Waals surface area contributed by atoms with Gasteiger partial charge in [0.2, 0.25) is 11.9 Å². The lowest BCUT2D eigenvalue weighted by Gasteiger charge is -2.09. The van der Waals surface area contributed by atoms with Gasteiger partial charge < -0.3 is 22.3 Å². The highest BCUT2D eigenvalue weighted by molar-refractivity contribution is 6.06. The van der Waals surface area contributed by atoms with Gasteiger partial charge in [0.25, 0.3) is 0 Å². The van der Waals surface area contributed by atoms with Crippen molar-refractivity contribution in [2.24, 2.45) is 37.6 Å². The van der Waals surface area contributed by atoms with Gasteiger partial charge in [0.15, 0.2) is 0 Å². The van der Waals surface area contributed by atoms with Crippen molar-refractivity contribution in [2.75, 3.05) is 0 Å². The molecule has 0 bridgehead atoms. The number of halogens is 1. The molecule has 0 heterocycles. The molecule has 0 saturated carbocycles. The molecule has 10 heteroatoms. The van der Waals surface area contributed by atoms with Crippen LogP contribution in [0.3, 0.4) is 0 Å². The van der Waals surface area contributed by atoms with Crippen molar-refractivity contribution in [2.45, 2.75) is 13.8 Å². The predicted octanol–water partition coefficient (Wildman–Crippen LogP) is 2.25. The molecule has 0 aliphatic rings. The van der Waals surface area contributed by atoms with Crippen LogP contribution in [0.15, 0.2) is 44.7 Å². The summed E-state index contributed by atoms with van der Waals surface area (Å²) in [7, 11) is 0. The molecule has 0 atom stereocenters. The molecule has 0 aliphatic heterocycles. The Morgan fingerprint density at radius 1 is 1.08 bits per heavy atom. The van der Waals surface area contributed by atoms with Crippen molar-refractivity contribution in [3.8, 4) is 5.75 Å². The molecule has 132 valence electrons. The molecule has 2 aromatic carbocycles. The van der Waals surface area contributed by atoms with E-state index in [1.165, 1.54) is 0 Å². The molecule has 0 aliphatic carbocycles. The summed E-state index contributed by atoms with van der Waals surface area (Å²) in [4.78, 5) is 0. The number of nitrogens with one attached hydrogen (secondary N) is 1. The van der Waals surface area contributed by atoms with E-state index in [9.17, 15) is 5.11 Å². The molecule has 2 aromatic rings. The minimum atomic E-state index is -0.407. The first-order valence-electron chi connectivity index (χ1n) is 6.95. The van der Waals surface area contributed by atoms with Crippen LogP contribution in [0.2, 0.25) is 0 Å². The van der Waals surface area contributed by atoms with E-state index < -0.39 is 5.96 Å². The molecular formula is C15H19ClN8O. The minimum absolute atomic E-state index is 0. The van der Waals surface area contributed by atoms with Gasteiger partial charge in [0.1, 0.15) is 5.75 Å². The topological polar surface area (TPSA) is 172 Å². The van der Waals surface area contributed by atoms with Crippen molar-refractivity contribution in [1.82, 2.24) is 0 Å². The third kappa shape index (κ3) is 4.64. The number of aryl methyl sites for hydroxylation is 1. The molecule has 8 N–H and O–H groups in total. The Bertz CT molecular complexity index is 900. The van der Waals surface area contributed by atoms with E-state index in [0.29, 0.717) is 27.7 Å². The minimum Gasteiger partial charge on any atom is -0.507 e. The standard InChI is InChI=1S/C15H18N8O.ClH/c1-7-5-12(21-23-15(18)19)11-6-9(3-4-10(11)13(7)24)8(2)20-22-14(16)17;/h3-6,24H,1-2H3,(H3,18,19)(H4,16,17,22);1H/b20-8-,23-21?;. The Kier molecular flexibility index (Phi) is 6.40. The highest BCUT2D eigenvalue weighted by atomic mass is 35.5. The zero-order chi connectivity index (χ0) is 17.9. The smallest absolute Gasteiger partial charge is 0.232 e. The van der Waals surface area contributed by atoms with Crippen molar-refractivity contribution >= 4 is 46.5 Å². The molecule has 9 nitrogen and oxygen atoms in total. The molecule has 25 heavy (non-hydrogen) atoms. The monoisotopic (exact) mass is 362 g/mol. The molecule has 0 aromatic heterocycles.